The highest BCUT2D eigenvalue weighted by Crippen LogP contribution is 2.16. The highest BCUT2D eigenvalue weighted by atomic mass is 16.5. The Bertz CT molecular complexity index is 569. The van der Waals surface area contributed by atoms with Crippen LogP contribution in [0.25, 0.3) is 0 Å². The molecule has 0 radical (unpaired) electrons. The Morgan fingerprint density at radius 3 is 2.69 bits per heavy atom. The molecule has 26 heavy (non-hydrogen) atoms. The molecule has 0 atom stereocenters. The van der Waals surface area contributed by atoms with E-state index in [1.807, 2.05) is 25.1 Å². The van der Waals surface area contributed by atoms with Crippen molar-refractivity contribution in [3.05, 3.63) is 29.8 Å². The average Bonchev–Trinajstić information content (AvgIpc) is 2.65. The first kappa shape index (κ1) is 20.5. The van der Waals surface area contributed by atoms with E-state index in [0.29, 0.717) is 13.2 Å². The molecule has 0 unspecified atom stereocenters. The quantitative estimate of drug-likeness (QED) is 0.549. The Morgan fingerprint density at radius 2 is 2.00 bits per heavy atom. The molecule has 1 fully saturated rings. The van der Waals surface area contributed by atoms with Crippen LogP contribution in [-0.4, -0.2) is 62.4 Å². The van der Waals surface area contributed by atoms with Gasteiger partial charge in [0.05, 0.1) is 26.4 Å². The van der Waals surface area contributed by atoms with E-state index in [9.17, 15) is 0 Å². The number of hydrogen-bond acceptors (Lipinski definition) is 4. The van der Waals surface area contributed by atoms with Gasteiger partial charge in [0.1, 0.15) is 5.75 Å². The van der Waals surface area contributed by atoms with Gasteiger partial charge >= 0.3 is 0 Å². The van der Waals surface area contributed by atoms with Gasteiger partial charge in [-0.05, 0) is 45.4 Å². The number of aliphatic imine (C=N–C) groups is 1. The second-order valence-corrected chi connectivity index (χ2v) is 7.04. The summed E-state index contributed by atoms with van der Waals surface area (Å²) in [7, 11) is 0. The number of guanidine groups is 1. The van der Waals surface area contributed by atoms with Crippen LogP contribution in [-0.2, 0) is 11.3 Å². The van der Waals surface area contributed by atoms with Crippen LogP contribution in [0, 0.1) is 0 Å². The maximum absolute atomic E-state index is 5.56. The standard InChI is InChI=1S/C20H34N4O2/c1-5-21-19(22-15-17-8-7-9-18(14-17)26-6-2)23-16-20(3,4)24-10-12-25-13-11-24/h7-9,14H,5-6,10-13,15-16H2,1-4H3,(H2,21,22,23). The molecule has 0 saturated carbocycles. The fourth-order valence-corrected chi connectivity index (χ4v) is 2.99. The van der Waals surface area contributed by atoms with Gasteiger partial charge in [-0.1, -0.05) is 12.1 Å². The summed E-state index contributed by atoms with van der Waals surface area (Å²) in [5, 5.41) is 6.83. The number of ether oxygens (including phenoxy) is 2. The number of morpholine rings is 1. The summed E-state index contributed by atoms with van der Waals surface area (Å²) in [6.45, 7) is 15.2. The molecule has 146 valence electrons. The average molecular weight is 363 g/mol. The van der Waals surface area contributed by atoms with E-state index in [-0.39, 0.29) is 5.54 Å². The molecule has 1 aliphatic heterocycles. The van der Waals surface area contributed by atoms with Crippen molar-refractivity contribution in [2.75, 3.05) is 46.0 Å². The molecule has 0 spiro atoms. The zero-order valence-corrected chi connectivity index (χ0v) is 16.7. The number of benzene rings is 1. The summed E-state index contributed by atoms with van der Waals surface area (Å²) < 4.78 is 11.0. The van der Waals surface area contributed by atoms with Crippen molar-refractivity contribution in [3.63, 3.8) is 0 Å². The van der Waals surface area contributed by atoms with Crippen molar-refractivity contribution in [3.8, 4) is 5.75 Å². The summed E-state index contributed by atoms with van der Waals surface area (Å²) in [4.78, 5) is 7.20. The smallest absolute Gasteiger partial charge is 0.191 e. The Kier molecular flexibility index (Phi) is 8.19. The second-order valence-electron chi connectivity index (χ2n) is 7.04. The van der Waals surface area contributed by atoms with Gasteiger partial charge in [0.25, 0.3) is 0 Å². The lowest BCUT2D eigenvalue weighted by atomic mass is 10.0. The van der Waals surface area contributed by atoms with Crippen LogP contribution in [0.4, 0.5) is 0 Å². The van der Waals surface area contributed by atoms with Crippen molar-refractivity contribution in [2.45, 2.75) is 39.8 Å². The molecule has 6 nitrogen and oxygen atoms in total. The molecule has 0 bridgehead atoms. The molecule has 0 amide bonds. The van der Waals surface area contributed by atoms with E-state index in [2.05, 4.69) is 42.4 Å². The van der Waals surface area contributed by atoms with Crippen LogP contribution < -0.4 is 15.4 Å². The van der Waals surface area contributed by atoms with Crippen molar-refractivity contribution < 1.29 is 9.47 Å². The molecule has 2 N–H and O–H groups in total. The molecule has 1 aliphatic rings. The lowest BCUT2D eigenvalue weighted by molar-refractivity contribution is -0.00834. The number of hydrogen-bond donors (Lipinski definition) is 2. The van der Waals surface area contributed by atoms with Gasteiger partial charge in [0.15, 0.2) is 5.96 Å². The summed E-state index contributed by atoms with van der Waals surface area (Å²) in [5.41, 5.74) is 1.19. The third kappa shape index (κ3) is 6.50. The van der Waals surface area contributed by atoms with Gasteiger partial charge in [-0.2, -0.15) is 0 Å². The fourth-order valence-electron chi connectivity index (χ4n) is 2.99. The highest BCUT2D eigenvalue weighted by Gasteiger charge is 2.28. The van der Waals surface area contributed by atoms with Crippen molar-refractivity contribution in [1.82, 2.24) is 15.5 Å². The minimum atomic E-state index is 0.0505. The Morgan fingerprint density at radius 1 is 1.23 bits per heavy atom. The number of rotatable bonds is 8. The Hall–Kier alpha value is -1.79. The van der Waals surface area contributed by atoms with Gasteiger partial charge in [-0.25, -0.2) is 4.99 Å². The van der Waals surface area contributed by atoms with Crippen LogP contribution in [0.3, 0.4) is 0 Å². The molecule has 1 aromatic carbocycles. The predicted octanol–water partition coefficient (Wildman–Crippen LogP) is 2.25. The minimum absolute atomic E-state index is 0.0505. The largest absolute Gasteiger partial charge is 0.494 e. The molecule has 0 aromatic heterocycles. The number of nitrogens with zero attached hydrogens (tertiary/aromatic N) is 2. The first-order valence-electron chi connectivity index (χ1n) is 9.62. The first-order valence-corrected chi connectivity index (χ1v) is 9.62. The topological polar surface area (TPSA) is 58.1 Å². The molecular weight excluding hydrogens is 328 g/mol. The molecule has 2 rings (SSSR count). The summed E-state index contributed by atoms with van der Waals surface area (Å²) in [6.07, 6.45) is 0. The summed E-state index contributed by atoms with van der Waals surface area (Å²) in [6, 6.07) is 8.12. The number of nitrogens with one attached hydrogen (secondary N) is 2. The maximum atomic E-state index is 5.56. The lowest BCUT2D eigenvalue weighted by Crippen LogP contribution is -2.56. The zero-order chi connectivity index (χ0) is 18.8. The Balaban J connectivity index is 1.94. The van der Waals surface area contributed by atoms with Gasteiger partial charge in [-0.3, -0.25) is 4.90 Å². The predicted molar refractivity (Wildman–Crippen MR) is 107 cm³/mol. The fraction of sp³-hybridized carbons (Fsp3) is 0.650. The van der Waals surface area contributed by atoms with Crippen molar-refractivity contribution in [1.29, 1.82) is 0 Å². The van der Waals surface area contributed by atoms with E-state index in [0.717, 1.165) is 56.7 Å². The van der Waals surface area contributed by atoms with Crippen LogP contribution in [0.2, 0.25) is 0 Å². The summed E-state index contributed by atoms with van der Waals surface area (Å²) in [5.74, 6) is 1.74. The molecule has 1 aromatic rings. The monoisotopic (exact) mass is 362 g/mol. The van der Waals surface area contributed by atoms with E-state index < -0.39 is 0 Å². The summed E-state index contributed by atoms with van der Waals surface area (Å²) >= 11 is 0. The minimum Gasteiger partial charge on any atom is -0.494 e. The van der Waals surface area contributed by atoms with Crippen LogP contribution in [0.15, 0.2) is 29.3 Å². The lowest BCUT2D eigenvalue weighted by Gasteiger charge is -2.41. The van der Waals surface area contributed by atoms with Gasteiger partial charge in [0.2, 0.25) is 0 Å². The zero-order valence-electron chi connectivity index (χ0n) is 16.7. The van der Waals surface area contributed by atoms with Crippen molar-refractivity contribution >= 4 is 5.96 Å². The molecular formula is C20H34N4O2. The molecule has 1 saturated heterocycles. The van der Waals surface area contributed by atoms with Crippen molar-refractivity contribution in [2.24, 2.45) is 4.99 Å². The van der Waals surface area contributed by atoms with E-state index >= 15 is 0 Å². The maximum Gasteiger partial charge on any atom is 0.191 e. The molecule has 1 heterocycles. The third-order valence-electron chi connectivity index (χ3n) is 4.53. The van der Waals surface area contributed by atoms with Crippen LogP contribution in [0.1, 0.15) is 33.3 Å². The van der Waals surface area contributed by atoms with Crippen LogP contribution >= 0.6 is 0 Å². The highest BCUT2D eigenvalue weighted by molar-refractivity contribution is 5.79. The normalized spacial score (nSPS) is 16.4. The van der Waals surface area contributed by atoms with Crippen LogP contribution in [0.5, 0.6) is 5.75 Å². The Labute approximate surface area is 158 Å². The third-order valence-corrected chi connectivity index (χ3v) is 4.53. The SMILES string of the molecule is CCNC(=NCc1cccc(OCC)c1)NCC(C)(C)N1CCOCC1. The molecule has 0 aliphatic carbocycles. The van der Waals surface area contributed by atoms with Gasteiger partial charge < -0.3 is 20.1 Å². The van der Waals surface area contributed by atoms with E-state index in [4.69, 9.17) is 14.5 Å². The second kappa shape index (κ2) is 10.4. The van der Waals surface area contributed by atoms with E-state index in [1.165, 1.54) is 0 Å². The van der Waals surface area contributed by atoms with Gasteiger partial charge in [-0.15, -0.1) is 0 Å². The first-order chi connectivity index (χ1) is 12.5. The molecule has 6 heteroatoms. The van der Waals surface area contributed by atoms with Gasteiger partial charge in [0, 0.05) is 31.7 Å². The van der Waals surface area contributed by atoms with E-state index in [1.54, 1.807) is 0 Å².